The van der Waals surface area contributed by atoms with E-state index in [1.165, 1.54) is 31.8 Å². The number of anilines is 1. The number of esters is 1. The van der Waals surface area contributed by atoms with E-state index in [1.807, 2.05) is 0 Å². The molecule has 2 aromatic rings. The van der Waals surface area contributed by atoms with Crippen molar-refractivity contribution >= 4 is 46.7 Å². The third-order valence-electron chi connectivity index (χ3n) is 3.29. The Bertz CT molecular complexity index is 860. The third-order valence-corrected chi connectivity index (χ3v) is 4.13. The molecule has 9 heteroatoms. The van der Waals surface area contributed by atoms with Crippen LogP contribution in [-0.2, 0) is 9.53 Å². The number of amides is 1. The second-order valence-corrected chi connectivity index (χ2v) is 6.41. The predicted molar refractivity (Wildman–Crippen MR) is 98.8 cm³/mol. The Balaban J connectivity index is 2.06. The van der Waals surface area contributed by atoms with Crippen LogP contribution in [0.2, 0.25) is 5.02 Å². The van der Waals surface area contributed by atoms with Gasteiger partial charge in [0.15, 0.2) is 22.7 Å². The molecule has 0 aliphatic carbocycles. The van der Waals surface area contributed by atoms with Crippen LogP contribution in [0.25, 0.3) is 0 Å². The Kier molecular flexibility index (Phi) is 6.70. The summed E-state index contributed by atoms with van der Waals surface area (Å²) in [6, 6.07) is 6.46. The lowest BCUT2D eigenvalue weighted by molar-refractivity contribution is -0.123. The molecule has 136 valence electrons. The highest BCUT2D eigenvalue weighted by Gasteiger charge is 2.22. The standard InChI is InChI=1S/C17H16ClN3O4S/c1-9(22)11-5-4-6-12(7-11)20-15(23)10(2)25-16(24)14-13(18)8-19-17(21-14)26-3/h4-8,10H,1-3H3,(H,20,23). The molecule has 1 atom stereocenters. The van der Waals surface area contributed by atoms with E-state index in [2.05, 4.69) is 15.3 Å². The molecular weight excluding hydrogens is 378 g/mol. The van der Waals surface area contributed by atoms with Gasteiger partial charge in [-0.05, 0) is 32.2 Å². The minimum atomic E-state index is -1.09. The monoisotopic (exact) mass is 393 g/mol. The Morgan fingerprint density at radius 3 is 2.69 bits per heavy atom. The molecule has 0 aliphatic rings. The van der Waals surface area contributed by atoms with Gasteiger partial charge in [0.05, 0.1) is 11.2 Å². The molecule has 0 fully saturated rings. The van der Waals surface area contributed by atoms with Crippen molar-refractivity contribution in [3.05, 3.63) is 46.7 Å². The second-order valence-electron chi connectivity index (χ2n) is 5.23. The zero-order valence-corrected chi connectivity index (χ0v) is 15.9. The zero-order chi connectivity index (χ0) is 19.3. The maximum absolute atomic E-state index is 12.2. The summed E-state index contributed by atoms with van der Waals surface area (Å²) >= 11 is 7.16. The Morgan fingerprint density at radius 2 is 2.04 bits per heavy atom. The molecular formula is C17H16ClN3O4S. The summed E-state index contributed by atoms with van der Waals surface area (Å²) in [6.45, 7) is 2.85. The van der Waals surface area contributed by atoms with Crippen LogP contribution in [0.1, 0.15) is 34.7 Å². The summed E-state index contributed by atoms with van der Waals surface area (Å²) in [5.74, 6) is -1.49. The molecule has 1 heterocycles. The second kappa shape index (κ2) is 8.77. The van der Waals surface area contributed by atoms with Gasteiger partial charge in [0.2, 0.25) is 0 Å². The van der Waals surface area contributed by atoms with E-state index in [9.17, 15) is 14.4 Å². The molecule has 0 saturated heterocycles. The first-order valence-electron chi connectivity index (χ1n) is 7.51. The number of benzene rings is 1. The first-order valence-corrected chi connectivity index (χ1v) is 9.11. The van der Waals surface area contributed by atoms with E-state index in [4.69, 9.17) is 16.3 Å². The van der Waals surface area contributed by atoms with Crippen LogP contribution in [0.15, 0.2) is 35.6 Å². The lowest BCUT2D eigenvalue weighted by Gasteiger charge is -2.14. The van der Waals surface area contributed by atoms with Crippen molar-refractivity contribution in [3.8, 4) is 0 Å². The van der Waals surface area contributed by atoms with Crippen LogP contribution in [0.5, 0.6) is 0 Å². The van der Waals surface area contributed by atoms with Crippen molar-refractivity contribution in [2.24, 2.45) is 0 Å². The van der Waals surface area contributed by atoms with Crippen LogP contribution < -0.4 is 5.32 Å². The van der Waals surface area contributed by atoms with E-state index < -0.39 is 18.0 Å². The van der Waals surface area contributed by atoms with E-state index in [0.717, 1.165) is 0 Å². The fourth-order valence-corrected chi connectivity index (χ4v) is 2.43. The van der Waals surface area contributed by atoms with Crippen LogP contribution >= 0.6 is 23.4 Å². The SMILES string of the molecule is CSc1ncc(Cl)c(C(=O)OC(C)C(=O)Nc2cccc(C(C)=O)c2)n1. The molecule has 7 nitrogen and oxygen atoms in total. The lowest BCUT2D eigenvalue weighted by Crippen LogP contribution is -2.30. The molecule has 1 aromatic carbocycles. The number of ether oxygens (including phenoxy) is 1. The van der Waals surface area contributed by atoms with Crippen molar-refractivity contribution in [1.82, 2.24) is 9.97 Å². The van der Waals surface area contributed by atoms with E-state index in [1.54, 1.807) is 30.5 Å². The van der Waals surface area contributed by atoms with Gasteiger partial charge in [-0.25, -0.2) is 14.8 Å². The largest absolute Gasteiger partial charge is 0.448 e. The van der Waals surface area contributed by atoms with Gasteiger partial charge in [-0.1, -0.05) is 35.5 Å². The zero-order valence-electron chi connectivity index (χ0n) is 14.3. The van der Waals surface area contributed by atoms with Gasteiger partial charge in [-0.3, -0.25) is 9.59 Å². The van der Waals surface area contributed by atoms with E-state index in [0.29, 0.717) is 16.4 Å². The summed E-state index contributed by atoms with van der Waals surface area (Å²) in [7, 11) is 0. The van der Waals surface area contributed by atoms with Gasteiger partial charge < -0.3 is 10.1 Å². The number of carbonyl (C=O) groups excluding carboxylic acids is 3. The Hall–Kier alpha value is -2.45. The summed E-state index contributed by atoms with van der Waals surface area (Å²) in [5.41, 5.74) is 0.782. The quantitative estimate of drug-likeness (QED) is 0.348. The molecule has 1 N–H and O–H groups in total. The molecule has 1 unspecified atom stereocenters. The fraction of sp³-hybridized carbons (Fsp3) is 0.235. The Morgan fingerprint density at radius 1 is 1.31 bits per heavy atom. The third kappa shape index (κ3) is 5.03. The average Bonchev–Trinajstić information content (AvgIpc) is 2.62. The number of nitrogens with one attached hydrogen (secondary N) is 1. The highest BCUT2D eigenvalue weighted by Crippen LogP contribution is 2.18. The number of nitrogens with zero attached hydrogens (tertiary/aromatic N) is 2. The normalized spacial score (nSPS) is 11.5. The molecule has 0 spiro atoms. The van der Waals surface area contributed by atoms with Gasteiger partial charge in [0.25, 0.3) is 5.91 Å². The number of Topliss-reactive ketones (excluding diaryl/α,β-unsaturated/α-hetero) is 1. The molecule has 0 bridgehead atoms. The van der Waals surface area contributed by atoms with Gasteiger partial charge in [0.1, 0.15) is 0 Å². The van der Waals surface area contributed by atoms with Crippen molar-refractivity contribution in [2.45, 2.75) is 25.1 Å². The molecule has 1 amide bonds. The summed E-state index contributed by atoms with van der Waals surface area (Å²) in [4.78, 5) is 43.8. The number of rotatable bonds is 6. The van der Waals surface area contributed by atoms with Crippen molar-refractivity contribution in [3.63, 3.8) is 0 Å². The highest BCUT2D eigenvalue weighted by atomic mass is 35.5. The average molecular weight is 394 g/mol. The van der Waals surface area contributed by atoms with Crippen molar-refractivity contribution in [2.75, 3.05) is 11.6 Å². The molecule has 26 heavy (non-hydrogen) atoms. The molecule has 0 saturated carbocycles. The van der Waals surface area contributed by atoms with Crippen LogP contribution in [0.3, 0.4) is 0 Å². The molecule has 1 aromatic heterocycles. The minimum Gasteiger partial charge on any atom is -0.448 e. The fourth-order valence-electron chi connectivity index (χ4n) is 1.92. The van der Waals surface area contributed by atoms with Crippen LogP contribution in [0, 0.1) is 0 Å². The topological polar surface area (TPSA) is 98.2 Å². The number of hydrogen-bond donors (Lipinski definition) is 1. The number of halogens is 1. The smallest absolute Gasteiger partial charge is 0.359 e. The Labute approximate surface area is 159 Å². The molecule has 0 radical (unpaired) electrons. The summed E-state index contributed by atoms with van der Waals surface area (Å²) in [5, 5.41) is 2.99. The van der Waals surface area contributed by atoms with E-state index >= 15 is 0 Å². The predicted octanol–water partition coefficient (Wildman–Crippen LogP) is 3.24. The number of hydrogen-bond acceptors (Lipinski definition) is 7. The molecule has 0 aliphatic heterocycles. The van der Waals surface area contributed by atoms with Crippen molar-refractivity contribution in [1.29, 1.82) is 0 Å². The van der Waals surface area contributed by atoms with E-state index in [-0.39, 0.29) is 16.5 Å². The number of aromatic nitrogens is 2. The summed E-state index contributed by atoms with van der Waals surface area (Å²) < 4.78 is 5.13. The number of thioether (sulfide) groups is 1. The number of carbonyl (C=O) groups is 3. The first kappa shape index (κ1) is 19.9. The first-order chi connectivity index (χ1) is 12.3. The molecule has 2 rings (SSSR count). The number of ketones is 1. The lowest BCUT2D eigenvalue weighted by atomic mass is 10.1. The van der Waals surface area contributed by atoms with Crippen LogP contribution in [-0.4, -0.2) is 40.0 Å². The summed E-state index contributed by atoms with van der Waals surface area (Å²) in [6.07, 6.45) is 1.96. The van der Waals surface area contributed by atoms with Crippen LogP contribution in [0.4, 0.5) is 5.69 Å². The van der Waals surface area contributed by atoms with Crippen molar-refractivity contribution < 1.29 is 19.1 Å². The highest BCUT2D eigenvalue weighted by molar-refractivity contribution is 7.98. The minimum absolute atomic E-state index is 0.0366. The van der Waals surface area contributed by atoms with Gasteiger partial charge in [0, 0.05) is 11.3 Å². The maximum atomic E-state index is 12.2. The van der Waals surface area contributed by atoms with Gasteiger partial charge in [-0.2, -0.15) is 0 Å². The van der Waals surface area contributed by atoms with Gasteiger partial charge in [-0.15, -0.1) is 0 Å². The maximum Gasteiger partial charge on any atom is 0.359 e. The van der Waals surface area contributed by atoms with Gasteiger partial charge >= 0.3 is 5.97 Å².